The Balaban J connectivity index is 2.04. The summed E-state index contributed by atoms with van der Waals surface area (Å²) in [7, 11) is -1.61. The Morgan fingerprint density at radius 3 is 2.54 bits per heavy atom. The van der Waals surface area contributed by atoms with Crippen LogP contribution in [0.4, 0.5) is 5.82 Å². The average Bonchev–Trinajstić information content (AvgIpc) is 2.88. The molecule has 1 aromatic rings. The summed E-state index contributed by atoms with van der Waals surface area (Å²) in [5.74, 6) is -0.831. The number of nitrogens with zero attached hydrogens (tertiary/aromatic N) is 3. The molecule has 0 saturated carbocycles. The summed E-state index contributed by atoms with van der Waals surface area (Å²) in [4.78, 5) is 24.3. The lowest BCUT2D eigenvalue weighted by molar-refractivity contribution is -0.121. The molecule has 0 aliphatic carbocycles. The van der Waals surface area contributed by atoms with E-state index in [9.17, 15) is 18.0 Å². The molecule has 1 aliphatic heterocycles. The molecule has 2 rings (SSSR count). The first kappa shape index (κ1) is 18.4. The van der Waals surface area contributed by atoms with E-state index in [0.717, 1.165) is 6.26 Å². The number of carbonyl (C=O) groups is 2. The zero-order valence-electron chi connectivity index (χ0n) is 14.0. The van der Waals surface area contributed by atoms with E-state index in [1.54, 1.807) is 14.0 Å². The van der Waals surface area contributed by atoms with Gasteiger partial charge in [0.25, 0.3) is 0 Å². The van der Waals surface area contributed by atoms with E-state index in [2.05, 4.69) is 10.4 Å². The van der Waals surface area contributed by atoms with Gasteiger partial charge in [0, 0.05) is 26.1 Å². The van der Waals surface area contributed by atoms with Crippen LogP contribution in [0, 0.1) is 5.92 Å². The van der Waals surface area contributed by atoms with Gasteiger partial charge in [-0.3, -0.25) is 9.48 Å². The van der Waals surface area contributed by atoms with Crippen LogP contribution in [0.1, 0.15) is 30.1 Å². The maximum atomic E-state index is 12.4. The number of rotatable bonds is 5. The van der Waals surface area contributed by atoms with E-state index in [0.29, 0.717) is 25.9 Å². The highest BCUT2D eigenvalue weighted by Crippen LogP contribution is 2.22. The Labute approximate surface area is 141 Å². The average molecular weight is 358 g/mol. The predicted octanol–water partition coefficient (Wildman–Crippen LogP) is 0.207. The van der Waals surface area contributed by atoms with Crippen molar-refractivity contribution in [3.05, 3.63) is 11.8 Å². The Bertz CT molecular complexity index is 720. The molecule has 0 unspecified atom stereocenters. The highest BCUT2D eigenvalue weighted by atomic mass is 32.2. The van der Waals surface area contributed by atoms with Crippen LogP contribution < -0.4 is 5.32 Å². The third-order valence-electron chi connectivity index (χ3n) is 3.97. The van der Waals surface area contributed by atoms with Gasteiger partial charge in [-0.1, -0.05) is 0 Å². The summed E-state index contributed by atoms with van der Waals surface area (Å²) in [5, 5.41) is 6.69. The number of carbonyl (C=O) groups excluding carboxylic acids is 2. The second-order valence-electron chi connectivity index (χ2n) is 5.68. The van der Waals surface area contributed by atoms with Crippen molar-refractivity contribution in [1.82, 2.24) is 14.1 Å². The van der Waals surface area contributed by atoms with Crippen LogP contribution >= 0.6 is 0 Å². The molecule has 1 fully saturated rings. The van der Waals surface area contributed by atoms with Crippen LogP contribution in [0.3, 0.4) is 0 Å². The van der Waals surface area contributed by atoms with Crippen molar-refractivity contribution in [1.29, 1.82) is 0 Å². The first-order chi connectivity index (χ1) is 11.2. The maximum Gasteiger partial charge on any atom is 0.343 e. The lowest BCUT2D eigenvalue weighted by Gasteiger charge is -2.29. The Kier molecular flexibility index (Phi) is 5.60. The fourth-order valence-electron chi connectivity index (χ4n) is 2.61. The summed E-state index contributed by atoms with van der Waals surface area (Å²) in [6, 6.07) is 0. The maximum absolute atomic E-state index is 12.4. The van der Waals surface area contributed by atoms with Gasteiger partial charge in [-0.15, -0.1) is 0 Å². The molecular formula is C14H22N4O5S. The van der Waals surface area contributed by atoms with Crippen molar-refractivity contribution >= 4 is 27.7 Å². The summed E-state index contributed by atoms with van der Waals surface area (Å²) < 4.78 is 30.7. The van der Waals surface area contributed by atoms with Crippen molar-refractivity contribution in [2.75, 3.05) is 31.3 Å². The van der Waals surface area contributed by atoms with Crippen molar-refractivity contribution in [3.8, 4) is 0 Å². The van der Waals surface area contributed by atoms with Crippen LogP contribution in [-0.4, -0.2) is 60.3 Å². The van der Waals surface area contributed by atoms with Crippen molar-refractivity contribution < 1.29 is 22.7 Å². The largest absolute Gasteiger partial charge is 0.462 e. The number of aryl methyl sites for hydroxylation is 1. The van der Waals surface area contributed by atoms with Gasteiger partial charge in [0.15, 0.2) is 0 Å². The molecule has 1 aromatic heterocycles. The highest BCUT2D eigenvalue weighted by Gasteiger charge is 2.30. The topological polar surface area (TPSA) is 111 Å². The molecule has 0 spiro atoms. The first-order valence-electron chi connectivity index (χ1n) is 7.69. The predicted molar refractivity (Wildman–Crippen MR) is 86.9 cm³/mol. The zero-order chi connectivity index (χ0) is 17.9. The van der Waals surface area contributed by atoms with E-state index in [4.69, 9.17) is 4.74 Å². The molecule has 1 aliphatic rings. The summed E-state index contributed by atoms with van der Waals surface area (Å²) in [6.45, 7) is 2.55. The van der Waals surface area contributed by atoms with Crippen LogP contribution in [-0.2, 0) is 26.6 Å². The van der Waals surface area contributed by atoms with E-state index in [-0.39, 0.29) is 29.8 Å². The summed E-state index contributed by atoms with van der Waals surface area (Å²) in [5.41, 5.74) is 0.196. The monoisotopic (exact) mass is 358 g/mol. The SMILES string of the molecule is CCOC(=O)c1cnn(C)c1NC(=O)C1CCN(S(C)(=O)=O)CC1. The van der Waals surface area contributed by atoms with E-state index >= 15 is 0 Å². The lowest BCUT2D eigenvalue weighted by atomic mass is 9.97. The molecule has 0 radical (unpaired) electrons. The smallest absolute Gasteiger partial charge is 0.343 e. The minimum Gasteiger partial charge on any atom is -0.462 e. The molecule has 10 heteroatoms. The van der Waals surface area contributed by atoms with Gasteiger partial charge >= 0.3 is 5.97 Å². The standard InChI is InChI=1S/C14H22N4O5S/c1-4-23-14(20)11-9-15-17(2)12(11)16-13(19)10-5-7-18(8-6-10)24(3,21)22/h9-10H,4-8H2,1-3H3,(H,16,19). The molecule has 0 atom stereocenters. The van der Waals surface area contributed by atoms with E-state index in [1.807, 2.05) is 0 Å². The quantitative estimate of drug-likeness (QED) is 0.753. The fourth-order valence-corrected chi connectivity index (χ4v) is 3.49. The second-order valence-corrected chi connectivity index (χ2v) is 7.66. The van der Waals surface area contributed by atoms with Crippen molar-refractivity contribution in [2.45, 2.75) is 19.8 Å². The molecule has 2 heterocycles. The van der Waals surface area contributed by atoms with Gasteiger partial charge in [-0.25, -0.2) is 17.5 Å². The van der Waals surface area contributed by atoms with E-state index < -0.39 is 16.0 Å². The summed E-state index contributed by atoms with van der Waals surface area (Å²) in [6.07, 6.45) is 3.38. The van der Waals surface area contributed by atoms with Crippen LogP contribution in [0.2, 0.25) is 0 Å². The second kappa shape index (κ2) is 7.31. The number of anilines is 1. The fraction of sp³-hybridized carbons (Fsp3) is 0.643. The van der Waals surface area contributed by atoms with E-state index in [1.165, 1.54) is 15.2 Å². The molecule has 134 valence electrons. The van der Waals surface area contributed by atoms with Crippen molar-refractivity contribution in [2.24, 2.45) is 13.0 Å². The third-order valence-corrected chi connectivity index (χ3v) is 5.27. The highest BCUT2D eigenvalue weighted by molar-refractivity contribution is 7.88. The minimum absolute atomic E-state index is 0.196. The normalized spacial score (nSPS) is 16.8. The summed E-state index contributed by atoms with van der Waals surface area (Å²) >= 11 is 0. The zero-order valence-corrected chi connectivity index (χ0v) is 14.8. The molecule has 9 nitrogen and oxygen atoms in total. The van der Waals surface area contributed by atoms with Crippen LogP contribution in [0.15, 0.2) is 6.20 Å². The molecule has 1 saturated heterocycles. The van der Waals surface area contributed by atoms with Gasteiger partial charge < -0.3 is 10.1 Å². The number of aromatic nitrogens is 2. The number of ether oxygens (including phenoxy) is 1. The number of hydrogen-bond donors (Lipinski definition) is 1. The Hall–Kier alpha value is -1.94. The van der Waals surface area contributed by atoms with Gasteiger partial charge in [0.2, 0.25) is 15.9 Å². The number of sulfonamides is 1. The van der Waals surface area contributed by atoms with Gasteiger partial charge in [0.1, 0.15) is 11.4 Å². The number of piperidine rings is 1. The molecule has 1 N–H and O–H groups in total. The van der Waals surface area contributed by atoms with Crippen molar-refractivity contribution in [3.63, 3.8) is 0 Å². The van der Waals surface area contributed by atoms with Crippen LogP contribution in [0.5, 0.6) is 0 Å². The Morgan fingerprint density at radius 1 is 1.38 bits per heavy atom. The van der Waals surface area contributed by atoms with Gasteiger partial charge in [-0.05, 0) is 19.8 Å². The number of nitrogens with one attached hydrogen (secondary N) is 1. The molecule has 0 aromatic carbocycles. The lowest BCUT2D eigenvalue weighted by Crippen LogP contribution is -2.41. The molecular weight excluding hydrogens is 336 g/mol. The van der Waals surface area contributed by atoms with Gasteiger partial charge in [0.05, 0.1) is 19.1 Å². The number of esters is 1. The molecule has 0 bridgehead atoms. The third kappa shape index (κ3) is 4.12. The first-order valence-corrected chi connectivity index (χ1v) is 9.54. The van der Waals surface area contributed by atoms with Gasteiger partial charge in [-0.2, -0.15) is 5.10 Å². The molecule has 1 amide bonds. The Morgan fingerprint density at radius 2 is 2.00 bits per heavy atom. The number of amides is 1. The molecule has 24 heavy (non-hydrogen) atoms. The van der Waals surface area contributed by atoms with Crippen LogP contribution in [0.25, 0.3) is 0 Å². The number of hydrogen-bond acceptors (Lipinski definition) is 6. The minimum atomic E-state index is -3.23.